The minimum Gasteiger partial charge on any atom is -0.409 e. The molecule has 0 aliphatic carbocycles. The van der Waals surface area contributed by atoms with Crippen molar-refractivity contribution in [3.63, 3.8) is 0 Å². The number of rotatable bonds is 2. The lowest BCUT2D eigenvalue weighted by Gasteiger charge is -2.02. The van der Waals surface area contributed by atoms with Crippen LogP contribution in [0.5, 0.6) is 5.75 Å². The van der Waals surface area contributed by atoms with Gasteiger partial charge in [-0.25, -0.2) is 10.6 Å². The van der Waals surface area contributed by atoms with E-state index >= 15 is 0 Å². The minimum absolute atomic E-state index is 0.428. The van der Waals surface area contributed by atoms with Crippen LogP contribution in [0.4, 0.5) is 4.79 Å². The van der Waals surface area contributed by atoms with Gasteiger partial charge in [0, 0.05) is 5.88 Å². The summed E-state index contributed by atoms with van der Waals surface area (Å²) >= 11 is 5.57. The fourth-order valence-electron chi connectivity index (χ4n) is 0.783. The van der Waals surface area contributed by atoms with Crippen LogP contribution < -0.4 is 16.0 Å². The molecule has 0 heterocycles. The van der Waals surface area contributed by atoms with Crippen LogP contribution in [0.3, 0.4) is 0 Å². The number of halogens is 1. The van der Waals surface area contributed by atoms with Gasteiger partial charge in [0.05, 0.1) is 0 Å². The van der Waals surface area contributed by atoms with Crippen molar-refractivity contribution in [1.29, 1.82) is 0 Å². The second kappa shape index (κ2) is 4.69. The Morgan fingerprint density at radius 2 is 2.08 bits per heavy atom. The number of ether oxygens (including phenoxy) is 1. The first-order chi connectivity index (χ1) is 6.26. The molecule has 13 heavy (non-hydrogen) atoms. The van der Waals surface area contributed by atoms with Crippen molar-refractivity contribution < 1.29 is 9.53 Å². The van der Waals surface area contributed by atoms with E-state index in [1.54, 1.807) is 24.3 Å². The summed E-state index contributed by atoms with van der Waals surface area (Å²) in [5, 5.41) is 0. The Labute approximate surface area is 80.6 Å². The molecule has 0 atom stereocenters. The molecule has 0 fully saturated rings. The summed E-state index contributed by atoms with van der Waals surface area (Å²) in [5.74, 6) is 5.69. The highest BCUT2D eigenvalue weighted by molar-refractivity contribution is 6.17. The highest BCUT2D eigenvalue weighted by Gasteiger charge is 2.00. The van der Waals surface area contributed by atoms with E-state index in [2.05, 4.69) is 0 Å². The number of nitrogens with one attached hydrogen (secondary N) is 1. The molecule has 1 aromatic carbocycles. The van der Waals surface area contributed by atoms with Crippen LogP contribution in [0, 0.1) is 0 Å². The largest absolute Gasteiger partial charge is 0.426 e. The lowest BCUT2D eigenvalue weighted by molar-refractivity contribution is 0.200. The van der Waals surface area contributed by atoms with E-state index in [-0.39, 0.29) is 0 Å². The number of amides is 1. The summed E-state index contributed by atoms with van der Waals surface area (Å²) in [6.07, 6.45) is -0.696. The lowest BCUT2D eigenvalue weighted by Crippen LogP contribution is -2.32. The Kier molecular flexibility index (Phi) is 3.54. The third-order valence-corrected chi connectivity index (χ3v) is 1.71. The molecule has 0 aliphatic heterocycles. The topological polar surface area (TPSA) is 64.3 Å². The predicted molar refractivity (Wildman–Crippen MR) is 49.3 cm³/mol. The minimum atomic E-state index is -0.696. The molecule has 4 nitrogen and oxygen atoms in total. The van der Waals surface area contributed by atoms with Crippen molar-refractivity contribution in [3.05, 3.63) is 29.8 Å². The number of alkyl halides is 1. The molecule has 0 aromatic heterocycles. The number of hydrazine groups is 1. The molecule has 70 valence electrons. The Balaban J connectivity index is 2.64. The molecule has 1 amide bonds. The van der Waals surface area contributed by atoms with E-state index in [0.29, 0.717) is 11.6 Å². The summed E-state index contributed by atoms with van der Waals surface area (Å²) < 4.78 is 4.74. The molecule has 0 radical (unpaired) electrons. The maximum Gasteiger partial charge on any atom is 0.426 e. The molecular formula is C8H9ClN2O2. The molecular weight excluding hydrogens is 192 g/mol. The molecule has 3 N–H and O–H groups in total. The van der Waals surface area contributed by atoms with Crippen molar-refractivity contribution in [1.82, 2.24) is 5.43 Å². The average molecular weight is 201 g/mol. The van der Waals surface area contributed by atoms with Gasteiger partial charge in [-0.15, -0.1) is 11.6 Å². The van der Waals surface area contributed by atoms with Crippen LogP contribution in [0.2, 0.25) is 0 Å². The first-order valence-corrected chi connectivity index (χ1v) is 4.13. The maximum absolute atomic E-state index is 10.7. The van der Waals surface area contributed by atoms with E-state index in [4.69, 9.17) is 22.2 Å². The molecule has 0 bridgehead atoms. The fourth-order valence-corrected chi connectivity index (χ4v) is 0.961. The summed E-state index contributed by atoms with van der Waals surface area (Å²) in [6, 6.07) is 6.83. The molecule has 5 heteroatoms. The number of benzene rings is 1. The van der Waals surface area contributed by atoms with Crippen molar-refractivity contribution >= 4 is 17.7 Å². The summed E-state index contributed by atoms with van der Waals surface area (Å²) in [7, 11) is 0. The fraction of sp³-hybridized carbons (Fsp3) is 0.125. The predicted octanol–water partition coefficient (Wildman–Crippen LogP) is 1.39. The lowest BCUT2D eigenvalue weighted by atomic mass is 10.2. The first-order valence-electron chi connectivity index (χ1n) is 3.59. The molecule has 1 aromatic rings. The Bertz CT molecular complexity index is 287. The van der Waals surface area contributed by atoms with Crippen LogP contribution in [0.25, 0.3) is 0 Å². The Hall–Kier alpha value is -1.26. The van der Waals surface area contributed by atoms with Crippen molar-refractivity contribution in [2.45, 2.75) is 5.88 Å². The number of nitrogens with two attached hydrogens (primary N) is 1. The zero-order valence-electron chi connectivity index (χ0n) is 6.79. The van der Waals surface area contributed by atoms with Crippen molar-refractivity contribution in [2.24, 2.45) is 5.84 Å². The van der Waals surface area contributed by atoms with Crippen molar-refractivity contribution in [2.75, 3.05) is 0 Å². The average Bonchev–Trinajstić information content (AvgIpc) is 2.19. The summed E-state index contributed by atoms with van der Waals surface area (Å²) in [6.45, 7) is 0. The van der Waals surface area contributed by atoms with E-state index in [1.807, 2.05) is 5.43 Å². The Morgan fingerprint density at radius 3 is 2.54 bits per heavy atom. The smallest absolute Gasteiger partial charge is 0.409 e. The monoisotopic (exact) mass is 200 g/mol. The van der Waals surface area contributed by atoms with Crippen LogP contribution in [0.1, 0.15) is 5.56 Å². The van der Waals surface area contributed by atoms with Gasteiger partial charge < -0.3 is 4.74 Å². The molecule has 0 aliphatic rings. The van der Waals surface area contributed by atoms with Gasteiger partial charge in [0.25, 0.3) is 0 Å². The number of hydrogen-bond acceptors (Lipinski definition) is 3. The molecule has 0 saturated carbocycles. The van der Waals surface area contributed by atoms with E-state index < -0.39 is 6.09 Å². The van der Waals surface area contributed by atoms with Gasteiger partial charge in [0.2, 0.25) is 0 Å². The molecule has 0 spiro atoms. The second-order valence-corrected chi connectivity index (χ2v) is 2.58. The number of hydrogen-bond donors (Lipinski definition) is 2. The third-order valence-electron chi connectivity index (χ3n) is 1.41. The molecule has 1 rings (SSSR count). The van der Waals surface area contributed by atoms with Gasteiger partial charge in [0.1, 0.15) is 5.75 Å². The van der Waals surface area contributed by atoms with Gasteiger partial charge in [-0.2, -0.15) is 0 Å². The zero-order chi connectivity index (χ0) is 9.68. The highest BCUT2D eigenvalue weighted by Crippen LogP contribution is 2.13. The molecule has 0 saturated heterocycles. The normalized spacial score (nSPS) is 9.38. The number of carbonyl (C=O) groups excluding carboxylic acids is 1. The van der Waals surface area contributed by atoms with Gasteiger partial charge >= 0.3 is 6.09 Å². The van der Waals surface area contributed by atoms with Gasteiger partial charge in [-0.05, 0) is 17.7 Å². The Morgan fingerprint density at radius 1 is 1.46 bits per heavy atom. The van der Waals surface area contributed by atoms with Crippen LogP contribution in [-0.4, -0.2) is 6.09 Å². The summed E-state index contributed by atoms with van der Waals surface area (Å²) in [4.78, 5) is 10.7. The van der Waals surface area contributed by atoms with Gasteiger partial charge in [0.15, 0.2) is 0 Å². The van der Waals surface area contributed by atoms with Gasteiger partial charge in [-0.3, -0.25) is 5.43 Å². The van der Waals surface area contributed by atoms with E-state index in [1.165, 1.54) is 0 Å². The van der Waals surface area contributed by atoms with Gasteiger partial charge in [-0.1, -0.05) is 12.1 Å². The quantitative estimate of drug-likeness (QED) is 0.328. The highest BCUT2D eigenvalue weighted by atomic mass is 35.5. The molecule has 0 unspecified atom stereocenters. The maximum atomic E-state index is 10.7. The third kappa shape index (κ3) is 2.93. The SMILES string of the molecule is NNC(=O)Oc1ccc(CCl)cc1. The van der Waals surface area contributed by atoms with Crippen LogP contribution in [0.15, 0.2) is 24.3 Å². The summed E-state index contributed by atoms with van der Waals surface area (Å²) in [5.41, 5.74) is 2.82. The van der Waals surface area contributed by atoms with E-state index in [9.17, 15) is 4.79 Å². The van der Waals surface area contributed by atoms with E-state index in [0.717, 1.165) is 5.56 Å². The second-order valence-electron chi connectivity index (χ2n) is 2.31. The van der Waals surface area contributed by atoms with Crippen LogP contribution >= 0.6 is 11.6 Å². The standard InChI is InChI=1S/C8H9ClN2O2/c9-5-6-1-3-7(4-2-6)13-8(12)11-10/h1-4H,5,10H2,(H,11,12). The zero-order valence-corrected chi connectivity index (χ0v) is 7.54. The number of carbonyl (C=O) groups is 1. The first kappa shape index (κ1) is 9.83. The van der Waals surface area contributed by atoms with Crippen molar-refractivity contribution in [3.8, 4) is 5.75 Å². The van der Waals surface area contributed by atoms with Crippen LogP contribution in [-0.2, 0) is 5.88 Å².